The van der Waals surface area contributed by atoms with Crippen molar-refractivity contribution in [1.82, 2.24) is 10.2 Å². The predicted octanol–water partition coefficient (Wildman–Crippen LogP) is 7.62. The van der Waals surface area contributed by atoms with Crippen LogP contribution >= 0.6 is 35.0 Å². The minimum Gasteiger partial charge on any atom is -0.352 e. The van der Waals surface area contributed by atoms with Crippen molar-refractivity contribution < 1.29 is 9.59 Å². The molecule has 39 heavy (non-hydrogen) atoms. The maximum atomic E-state index is 13.8. The standard InChI is InChI=1S/C32H36Cl2N2O2S/c1-23-12-14-25(15-13-23)20-36(31(37)22-39-21-26-16-17-28(33)29(34)18-26)30(19-24-8-4-2-5-9-24)32(38)35-27-10-6-3-7-11-27/h2,4-5,8-9,12-18,27,30H,3,6-7,10-11,19-22H2,1H3,(H,35,38)/t30-/m1/s1. The molecule has 206 valence electrons. The van der Waals surface area contributed by atoms with Gasteiger partial charge in [0.05, 0.1) is 15.8 Å². The summed E-state index contributed by atoms with van der Waals surface area (Å²) in [6.07, 6.45) is 5.93. The molecule has 0 spiro atoms. The van der Waals surface area contributed by atoms with E-state index in [9.17, 15) is 9.59 Å². The minimum atomic E-state index is -0.603. The Labute approximate surface area is 246 Å². The summed E-state index contributed by atoms with van der Waals surface area (Å²) < 4.78 is 0. The number of thioether (sulfide) groups is 1. The molecule has 1 atom stereocenters. The molecule has 7 heteroatoms. The Morgan fingerprint density at radius 2 is 1.59 bits per heavy atom. The molecule has 0 bridgehead atoms. The summed E-state index contributed by atoms with van der Waals surface area (Å²) in [6.45, 7) is 2.42. The number of halogens is 2. The van der Waals surface area contributed by atoms with Crippen molar-refractivity contribution in [2.75, 3.05) is 5.75 Å². The number of hydrogen-bond donors (Lipinski definition) is 1. The molecule has 4 rings (SSSR count). The molecule has 1 aliphatic carbocycles. The Morgan fingerprint density at radius 3 is 2.28 bits per heavy atom. The molecule has 0 heterocycles. The topological polar surface area (TPSA) is 49.4 Å². The molecule has 1 fully saturated rings. The lowest BCUT2D eigenvalue weighted by Crippen LogP contribution is -2.53. The van der Waals surface area contributed by atoms with Gasteiger partial charge >= 0.3 is 0 Å². The van der Waals surface area contributed by atoms with Gasteiger partial charge in [0.15, 0.2) is 0 Å². The number of benzene rings is 3. The average molecular weight is 584 g/mol. The Balaban J connectivity index is 1.55. The zero-order chi connectivity index (χ0) is 27.6. The highest BCUT2D eigenvalue weighted by Crippen LogP contribution is 2.25. The third-order valence-corrected chi connectivity index (χ3v) is 8.90. The van der Waals surface area contributed by atoms with Crippen LogP contribution in [0.5, 0.6) is 0 Å². The number of rotatable bonds is 11. The molecule has 0 saturated heterocycles. The van der Waals surface area contributed by atoms with E-state index in [1.165, 1.54) is 18.2 Å². The van der Waals surface area contributed by atoms with Crippen LogP contribution in [0.4, 0.5) is 0 Å². The Bertz CT molecular complexity index is 1230. The molecule has 1 N–H and O–H groups in total. The van der Waals surface area contributed by atoms with Crippen molar-refractivity contribution in [3.05, 3.63) is 105 Å². The second-order valence-electron chi connectivity index (χ2n) is 10.3. The van der Waals surface area contributed by atoms with E-state index >= 15 is 0 Å². The fourth-order valence-corrected chi connectivity index (χ4v) is 6.14. The average Bonchev–Trinajstić information content (AvgIpc) is 2.94. The monoisotopic (exact) mass is 582 g/mol. The summed E-state index contributed by atoms with van der Waals surface area (Å²) in [5.41, 5.74) is 4.20. The Kier molecular flexibility index (Phi) is 11.2. The van der Waals surface area contributed by atoms with Gasteiger partial charge in [-0.2, -0.15) is 0 Å². The van der Waals surface area contributed by atoms with Crippen LogP contribution < -0.4 is 5.32 Å². The fourth-order valence-electron chi connectivity index (χ4n) is 4.96. The first-order chi connectivity index (χ1) is 18.9. The van der Waals surface area contributed by atoms with Crippen molar-refractivity contribution >= 4 is 46.8 Å². The molecule has 3 aromatic rings. The van der Waals surface area contributed by atoms with Crippen molar-refractivity contribution in [3.63, 3.8) is 0 Å². The van der Waals surface area contributed by atoms with E-state index in [1.54, 1.807) is 11.0 Å². The lowest BCUT2D eigenvalue weighted by Gasteiger charge is -2.33. The largest absolute Gasteiger partial charge is 0.352 e. The number of hydrogen-bond acceptors (Lipinski definition) is 3. The first kappa shape index (κ1) is 29.5. The number of carbonyl (C=O) groups excluding carboxylic acids is 2. The second-order valence-corrected chi connectivity index (χ2v) is 12.1. The first-order valence-corrected chi connectivity index (χ1v) is 15.5. The number of amides is 2. The van der Waals surface area contributed by atoms with Gasteiger partial charge in [-0.15, -0.1) is 11.8 Å². The van der Waals surface area contributed by atoms with Gasteiger partial charge in [0.2, 0.25) is 11.8 Å². The molecular formula is C32H36Cl2N2O2S. The lowest BCUT2D eigenvalue weighted by atomic mass is 9.94. The summed E-state index contributed by atoms with van der Waals surface area (Å²) >= 11 is 13.8. The molecule has 1 saturated carbocycles. The van der Waals surface area contributed by atoms with E-state index in [4.69, 9.17) is 23.2 Å². The van der Waals surface area contributed by atoms with Gasteiger partial charge in [0.1, 0.15) is 6.04 Å². The van der Waals surface area contributed by atoms with Crippen LogP contribution in [-0.4, -0.2) is 34.6 Å². The highest BCUT2D eigenvalue weighted by atomic mass is 35.5. The van der Waals surface area contributed by atoms with Gasteiger partial charge in [-0.3, -0.25) is 9.59 Å². The quantitative estimate of drug-likeness (QED) is 0.253. The van der Waals surface area contributed by atoms with Gasteiger partial charge in [-0.05, 0) is 48.6 Å². The molecule has 0 unspecified atom stereocenters. The van der Waals surface area contributed by atoms with Gasteiger partial charge in [-0.1, -0.05) is 109 Å². The number of carbonyl (C=O) groups is 2. The summed E-state index contributed by atoms with van der Waals surface area (Å²) in [6, 6.07) is 23.2. The molecule has 3 aromatic carbocycles. The lowest BCUT2D eigenvalue weighted by molar-refractivity contribution is -0.139. The second kappa shape index (κ2) is 14.8. The van der Waals surface area contributed by atoms with Crippen LogP contribution in [0.1, 0.15) is 54.4 Å². The molecule has 0 aliphatic heterocycles. The molecule has 2 amide bonds. The molecule has 0 radical (unpaired) electrons. The van der Waals surface area contributed by atoms with Crippen LogP contribution in [0.25, 0.3) is 0 Å². The SMILES string of the molecule is Cc1ccc(CN(C(=O)CSCc2ccc(Cl)c(Cl)c2)[C@H](Cc2ccccc2)C(=O)NC2CCCCC2)cc1. The van der Waals surface area contributed by atoms with Gasteiger partial charge in [-0.25, -0.2) is 0 Å². The first-order valence-electron chi connectivity index (χ1n) is 13.6. The van der Waals surface area contributed by atoms with Crippen LogP contribution in [-0.2, 0) is 28.3 Å². The fraction of sp³-hybridized carbons (Fsp3) is 0.375. The van der Waals surface area contributed by atoms with Crippen LogP contribution in [0, 0.1) is 6.92 Å². The Hall–Kier alpha value is -2.47. The van der Waals surface area contributed by atoms with E-state index in [-0.39, 0.29) is 23.6 Å². The van der Waals surface area contributed by atoms with E-state index in [0.717, 1.165) is 47.9 Å². The van der Waals surface area contributed by atoms with Gasteiger partial charge < -0.3 is 10.2 Å². The van der Waals surface area contributed by atoms with E-state index in [1.807, 2.05) is 73.7 Å². The highest BCUT2D eigenvalue weighted by Gasteiger charge is 2.31. The van der Waals surface area contributed by atoms with E-state index in [2.05, 4.69) is 5.32 Å². The summed E-state index contributed by atoms with van der Waals surface area (Å²) in [4.78, 5) is 29.4. The third kappa shape index (κ3) is 9.02. The third-order valence-electron chi connectivity index (χ3n) is 7.17. The van der Waals surface area contributed by atoms with Crippen molar-refractivity contribution in [1.29, 1.82) is 0 Å². The Morgan fingerprint density at radius 1 is 0.897 bits per heavy atom. The van der Waals surface area contributed by atoms with Gasteiger partial charge in [0.25, 0.3) is 0 Å². The summed E-state index contributed by atoms with van der Waals surface area (Å²) in [5.74, 6) is 0.758. The minimum absolute atomic E-state index is 0.0552. The molecule has 0 aromatic heterocycles. The zero-order valence-corrected chi connectivity index (χ0v) is 24.7. The molecule has 1 aliphatic rings. The number of aryl methyl sites for hydroxylation is 1. The smallest absolute Gasteiger partial charge is 0.243 e. The van der Waals surface area contributed by atoms with E-state index in [0.29, 0.717) is 28.8 Å². The molecule has 4 nitrogen and oxygen atoms in total. The highest BCUT2D eigenvalue weighted by molar-refractivity contribution is 7.99. The zero-order valence-electron chi connectivity index (χ0n) is 22.4. The predicted molar refractivity (Wildman–Crippen MR) is 163 cm³/mol. The number of nitrogens with zero attached hydrogens (tertiary/aromatic N) is 1. The maximum absolute atomic E-state index is 13.8. The van der Waals surface area contributed by atoms with Crippen molar-refractivity contribution in [2.45, 2.75) is 69.8 Å². The van der Waals surface area contributed by atoms with E-state index < -0.39 is 6.04 Å². The van der Waals surface area contributed by atoms with Crippen LogP contribution in [0.2, 0.25) is 10.0 Å². The normalized spacial score (nSPS) is 14.5. The van der Waals surface area contributed by atoms with Crippen molar-refractivity contribution in [3.8, 4) is 0 Å². The van der Waals surface area contributed by atoms with Crippen molar-refractivity contribution in [2.24, 2.45) is 0 Å². The maximum Gasteiger partial charge on any atom is 0.243 e. The molecular weight excluding hydrogens is 547 g/mol. The number of nitrogens with one attached hydrogen (secondary N) is 1. The van der Waals surface area contributed by atoms with Crippen LogP contribution in [0.15, 0.2) is 72.8 Å². The van der Waals surface area contributed by atoms with Crippen LogP contribution in [0.3, 0.4) is 0 Å². The van der Waals surface area contributed by atoms with Gasteiger partial charge in [0, 0.05) is 24.8 Å². The summed E-state index contributed by atoms with van der Waals surface area (Å²) in [7, 11) is 0. The summed E-state index contributed by atoms with van der Waals surface area (Å²) in [5, 5.41) is 4.31.